The summed E-state index contributed by atoms with van der Waals surface area (Å²) in [5.41, 5.74) is 2.96. The van der Waals surface area contributed by atoms with Gasteiger partial charge in [-0.05, 0) is 36.3 Å². The molecule has 1 N–H and O–H groups in total. The molecule has 1 aromatic carbocycles. The Balaban J connectivity index is 1.61. The summed E-state index contributed by atoms with van der Waals surface area (Å²) < 4.78 is 0. The number of hydrogen-bond acceptors (Lipinski definition) is 3. The van der Waals surface area contributed by atoms with Crippen molar-refractivity contribution in [2.45, 2.75) is 48.7 Å². The molecule has 1 nitrogen and oxygen atoms in total. The fourth-order valence-electron chi connectivity index (χ4n) is 3.29. The van der Waals surface area contributed by atoms with E-state index in [2.05, 4.69) is 43.0 Å². The van der Waals surface area contributed by atoms with Crippen molar-refractivity contribution in [1.29, 1.82) is 0 Å². The minimum atomic E-state index is -0.138. The summed E-state index contributed by atoms with van der Waals surface area (Å²) in [6, 6.07) is 8.69. The zero-order valence-corrected chi connectivity index (χ0v) is 13.1. The van der Waals surface area contributed by atoms with Crippen LogP contribution in [0.1, 0.15) is 36.8 Å². The summed E-state index contributed by atoms with van der Waals surface area (Å²) in [5.74, 6) is 3.04. The van der Waals surface area contributed by atoms with Crippen LogP contribution in [0.25, 0.3) is 0 Å². The minimum Gasteiger partial charge on any atom is -0.392 e. The highest BCUT2D eigenvalue weighted by Gasteiger charge is 2.35. The molecule has 1 saturated heterocycles. The lowest BCUT2D eigenvalue weighted by molar-refractivity contribution is 0.146. The number of benzene rings is 1. The maximum absolute atomic E-state index is 10.6. The smallest absolute Gasteiger partial charge is 0.0675 e. The second-order valence-corrected chi connectivity index (χ2v) is 8.19. The Kier molecular flexibility index (Phi) is 4.45. The zero-order valence-electron chi connectivity index (χ0n) is 11.4. The topological polar surface area (TPSA) is 20.2 Å². The van der Waals surface area contributed by atoms with Crippen LogP contribution in [0, 0.1) is 0 Å². The lowest BCUT2D eigenvalue weighted by Crippen LogP contribution is -2.38. The molecule has 3 rings (SSSR count). The van der Waals surface area contributed by atoms with Crippen molar-refractivity contribution in [2.24, 2.45) is 0 Å². The Morgan fingerprint density at radius 1 is 1.26 bits per heavy atom. The lowest BCUT2D eigenvalue weighted by atomic mass is 9.74. The average molecular weight is 294 g/mol. The third-order valence-electron chi connectivity index (χ3n) is 4.36. The summed E-state index contributed by atoms with van der Waals surface area (Å²) in [4.78, 5) is 0. The highest BCUT2D eigenvalue weighted by Crippen LogP contribution is 2.42. The Morgan fingerprint density at radius 2 is 2.05 bits per heavy atom. The lowest BCUT2D eigenvalue weighted by Gasteiger charge is -2.37. The first-order chi connectivity index (χ1) is 9.29. The number of thioether (sulfide) groups is 2. The molecule has 104 valence electrons. The molecular weight excluding hydrogens is 272 g/mol. The van der Waals surface area contributed by atoms with Crippen molar-refractivity contribution in [3.8, 4) is 0 Å². The van der Waals surface area contributed by atoms with Gasteiger partial charge in [0.05, 0.1) is 6.10 Å². The zero-order chi connectivity index (χ0) is 13.2. The molecular formula is C16H22OS2. The van der Waals surface area contributed by atoms with Crippen LogP contribution in [-0.4, -0.2) is 33.2 Å². The Morgan fingerprint density at radius 3 is 2.84 bits per heavy atom. The van der Waals surface area contributed by atoms with Crippen LogP contribution in [0.2, 0.25) is 0 Å². The van der Waals surface area contributed by atoms with Gasteiger partial charge >= 0.3 is 0 Å². The SMILES string of the molecule is CCC1SCCSC1C(O)CC1Cc2ccccc21. The second-order valence-electron chi connectivity index (χ2n) is 5.56. The van der Waals surface area contributed by atoms with Gasteiger partial charge in [-0.3, -0.25) is 0 Å². The first-order valence-electron chi connectivity index (χ1n) is 7.28. The summed E-state index contributed by atoms with van der Waals surface area (Å²) in [6.07, 6.45) is 3.15. The number of rotatable bonds is 4. The Hall–Kier alpha value is -0.120. The fraction of sp³-hybridized carbons (Fsp3) is 0.625. The molecule has 0 radical (unpaired) electrons. The molecule has 0 amide bonds. The van der Waals surface area contributed by atoms with Gasteiger partial charge in [0.25, 0.3) is 0 Å². The van der Waals surface area contributed by atoms with E-state index in [1.165, 1.54) is 29.1 Å². The summed E-state index contributed by atoms with van der Waals surface area (Å²) in [5, 5.41) is 11.7. The van der Waals surface area contributed by atoms with Crippen LogP contribution >= 0.6 is 23.5 Å². The molecule has 0 aromatic heterocycles. The van der Waals surface area contributed by atoms with Gasteiger partial charge in [-0.15, -0.1) is 0 Å². The van der Waals surface area contributed by atoms with Crippen LogP contribution in [0.5, 0.6) is 0 Å². The summed E-state index contributed by atoms with van der Waals surface area (Å²) >= 11 is 4.05. The van der Waals surface area contributed by atoms with Crippen molar-refractivity contribution in [3.63, 3.8) is 0 Å². The predicted octanol–water partition coefficient (Wildman–Crippen LogP) is 3.70. The van der Waals surface area contributed by atoms with E-state index >= 15 is 0 Å². The van der Waals surface area contributed by atoms with E-state index in [0.717, 1.165) is 12.8 Å². The molecule has 2 aliphatic rings. The van der Waals surface area contributed by atoms with Crippen molar-refractivity contribution in [2.75, 3.05) is 11.5 Å². The third-order valence-corrected chi connectivity index (χ3v) is 7.75. The van der Waals surface area contributed by atoms with E-state index in [1.54, 1.807) is 0 Å². The number of aliphatic hydroxyl groups excluding tert-OH is 1. The molecule has 1 aliphatic carbocycles. The molecule has 0 spiro atoms. The van der Waals surface area contributed by atoms with Gasteiger partial charge < -0.3 is 5.11 Å². The van der Waals surface area contributed by atoms with Crippen LogP contribution in [0.3, 0.4) is 0 Å². The van der Waals surface area contributed by atoms with Gasteiger partial charge in [-0.1, -0.05) is 31.2 Å². The molecule has 1 aromatic rings. The maximum Gasteiger partial charge on any atom is 0.0675 e. The van der Waals surface area contributed by atoms with Crippen LogP contribution in [-0.2, 0) is 6.42 Å². The normalized spacial score (nSPS) is 31.4. The average Bonchev–Trinajstić information content (AvgIpc) is 2.44. The minimum absolute atomic E-state index is 0.138. The number of aliphatic hydroxyl groups is 1. The highest BCUT2D eigenvalue weighted by atomic mass is 32.2. The maximum atomic E-state index is 10.6. The van der Waals surface area contributed by atoms with E-state index in [9.17, 15) is 5.11 Å². The number of fused-ring (bicyclic) bond motifs is 1. The van der Waals surface area contributed by atoms with Crippen molar-refractivity contribution in [3.05, 3.63) is 35.4 Å². The van der Waals surface area contributed by atoms with Gasteiger partial charge in [0.15, 0.2) is 0 Å². The molecule has 1 fully saturated rings. The van der Waals surface area contributed by atoms with Gasteiger partial charge in [0.2, 0.25) is 0 Å². The van der Waals surface area contributed by atoms with E-state index in [1.807, 2.05) is 11.8 Å². The third kappa shape index (κ3) is 2.84. The van der Waals surface area contributed by atoms with Crippen molar-refractivity contribution < 1.29 is 5.11 Å². The van der Waals surface area contributed by atoms with E-state index in [4.69, 9.17) is 0 Å². The quantitative estimate of drug-likeness (QED) is 0.914. The Labute approximate surface area is 124 Å². The standard InChI is InChI=1S/C16H22OS2/c1-2-15-16(19-8-7-18-15)14(17)10-12-9-11-5-3-4-6-13(11)12/h3-6,12,14-17H,2,7-10H2,1H3. The van der Waals surface area contributed by atoms with Gasteiger partial charge in [-0.2, -0.15) is 23.5 Å². The molecule has 3 heteroatoms. The van der Waals surface area contributed by atoms with Crippen molar-refractivity contribution >= 4 is 23.5 Å². The van der Waals surface area contributed by atoms with Crippen molar-refractivity contribution in [1.82, 2.24) is 0 Å². The largest absolute Gasteiger partial charge is 0.392 e. The molecule has 4 atom stereocenters. The van der Waals surface area contributed by atoms with Crippen LogP contribution < -0.4 is 0 Å². The molecule has 19 heavy (non-hydrogen) atoms. The molecule has 0 saturated carbocycles. The fourth-order valence-corrected chi connectivity index (χ4v) is 6.46. The van der Waals surface area contributed by atoms with E-state index in [-0.39, 0.29) is 6.10 Å². The summed E-state index contributed by atoms with van der Waals surface area (Å²) in [7, 11) is 0. The first-order valence-corrected chi connectivity index (χ1v) is 9.38. The highest BCUT2D eigenvalue weighted by molar-refractivity contribution is 8.07. The van der Waals surface area contributed by atoms with E-state index in [0.29, 0.717) is 16.4 Å². The molecule has 1 aliphatic heterocycles. The van der Waals surface area contributed by atoms with Crippen LogP contribution in [0.4, 0.5) is 0 Å². The van der Waals surface area contributed by atoms with Gasteiger partial charge in [0, 0.05) is 22.0 Å². The monoisotopic (exact) mass is 294 g/mol. The first kappa shape index (κ1) is 13.8. The second kappa shape index (κ2) is 6.11. The molecule has 0 bridgehead atoms. The molecule has 1 heterocycles. The number of hydrogen-bond donors (Lipinski definition) is 1. The van der Waals surface area contributed by atoms with Gasteiger partial charge in [0.1, 0.15) is 0 Å². The molecule has 4 unspecified atom stereocenters. The predicted molar refractivity (Wildman–Crippen MR) is 86.3 cm³/mol. The van der Waals surface area contributed by atoms with Crippen LogP contribution in [0.15, 0.2) is 24.3 Å². The van der Waals surface area contributed by atoms with E-state index < -0.39 is 0 Å². The van der Waals surface area contributed by atoms with Gasteiger partial charge in [-0.25, -0.2) is 0 Å². The Bertz CT molecular complexity index is 435. The summed E-state index contributed by atoms with van der Waals surface area (Å²) in [6.45, 7) is 2.25.